The molecule has 0 aliphatic carbocycles. The molecule has 4 heteroatoms. The summed E-state index contributed by atoms with van der Waals surface area (Å²) in [5.41, 5.74) is 3.49. The van der Waals surface area contributed by atoms with Crippen molar-refractivity contribution in [2.24, 2.45) is 0 Å². The van der Waals surface area contributed by atoms with Gasteiger partial charge >= 0.3 is 0 Å². The molecule has 100 valence electrons. The van der Waals surface area contributed by atoms with Gasteiger partial charge in [0.1, 0.15) is 5.75 Å². The minimum Gasteiger partial charge on any atom is -0.492 e. The van der Waals surface area contributed by atoms with E-state index in [1.165, 1.54) is 6.20 Å². The number of nitrogens with zero attached hydrogens (tertiary/aromatic N) is 2. The molecule has 2 aromatic rings. The van der Waals surface area contributed by atoms with Crippen LogP contribution in [0.3, 0.4) is 0 Å². The number of aromatic hydroxyl groups is 1. The molecule has 2 rings (SSSR count). The Hall–Kier alpha value is -2.10. The highest BCUT2D eigenvalue weighted by atomic mass is 16.5. The van der Waals surface area contributed by atoms with Crippen molar-refractivity contribution in [2.75, 3.05) is 0 Å². The average molecular weight is 258 g/mol. The first-order valence-electron chi connectivity index (χ1n) is 6.27. The third-order valence-electron chi connectivity index (χ3n) is 2.77. The maximum atomic E-state index is 9.46. The molecule has 4 nitrogen and oxygen atoms in total. The predicted molar refractivity (Wildman–Crippen MR) is 74.4 cm³/mol. The van der Waals surface area contributed by atoms with E-state index in [0.717, 1.165) is 22.6 Å². The van der Waals surface area contributed by atoms with Crippen LogP contribution in [0.15, 0.2) is 24.4 Å². The fourth-order valence-corrected chi connectivity index (χ4v) is 1.94. The zero-order valence-corrected chi connectivity index (χ0v) is 11.6. The first-order valence-corrected chi connectivity index (χ1v) is 6.27. The van der Waals surface area contributed by atoms with E-state index in [-0.39, 0.29) is 12.0 Å². The van der Waals surface area contributed by atoms with E-state index in [1.807, 2.05) is 45.9 Å². The summed E-state index contributed by atoms with van der Waals surface area (Å²) in [5.74, 6) is 0.768. The molecule has 0 aliphatic heterocycles. The molecule has 0 aliphatic rings. The first-order chi connectivity index (χ1) is 8.97. The first kappa shape index (κ1) is 13.3. The van der Waals surface area contributed by atoms with Crippen LogP contribution in [0, 0.1) is 13.8 Å². The zero-order valence-electron chi connectivity index (χ0n) is 11.6. The number of benzene rings is 1. The number of hydrogen-bond acceptors (Lipinski definition) is 4. The standard InChI is InChI=1S/C15H18N2O2/c1-9(2)19-12-5-6-13(10(3)7-12)15-11(4)16-8-14(18)17-15/h5-9H,1-4H3,(H,17,18). The predicted octanol–water partition coefficient (Wildman–Crippen LogP) is 3.25. The van der Waals surface area contributed by atoms with Crippen LogP contribution in [0.2, 0.25) is 0 Å². The van der Waals surface area contributed by atoms with Gasteiger partial charge in [0.25, 0.3) is 0 Å². The van der Waals surface area contributed by atoms with E-state index in [0.29, 0.717) is 5.69 Å². The van der Waals surface area contributed by atoms with E-state index >= 15 is 0 Å². The molecule has 0 bridgehead atoms. The molecule has 0 spiro atoms. The van der Waals surface area contributed by atoms with E-state index in [2.05, 4.69) is 9.97 Å². The molecule has 1 aromatic heterocycles. The largest absolute Gasteiger partial charge is 0.492 e. The second-order valence-electron chi connectivity index (χ2n) is 4.81. The van der Waals surface area contributed by atoms with Gasteiger partial charge in [-0.25, -0.2) is 4.98 Å². The van der Waals surface area contributed by atoms with Crippen molar-refractivity contribution in [2.45, 2.75) is 33.8 Å². The van der Waals surface area contributed by atoms with Crippen LogP contribution in [-0.4, -0.2) is 21.2 Å². The summed E-state index contributed by atoms with van der Waals surface area (Å²) in [5, 5.41) is 9.46. The van der Waals surface area contributed by atoms with Crippen LogP contribution in [0.5, 0.6) is 11.6 Å². The maximum Gasteiger partial charge on any atom is 0.230 e. The van der Waals surface area contributed by atoms with Gasteiger partial charge in [-0.05, 0) is 51.5 Å². The van der Waals surface area contributed by atoms with Crippen molar-refractivity contribution in [3.63, 3.8) is 0 Å². The lowest BCUT2D eigenvalue weighted by atomic mass is 10.0. The van der Waals surface area contributed by atoms with Gasteiger partial charge in [-0.1, -0.05) is 0 Å². The molecule has 0 saturated heterocycles. The van der Waals surface area contributed by atoms with Gasteiger partial charge in [-0.15, -0.1) is 0 Å². The van der Waals surface area contributed by atoms with Crippen LogP contribution in [0.1, 0.15) is 25.1 Å². The lowest BCUT2D eigenvalue weighted by molar-refractivity contribution is 0.242. The van der Waals surface area contributed by atoms with Crippen molar-refractivity contribution in [3.05, 3.63) is 35.7 Å². The molecule has 0 unspecified atom stereocenters. The molecule has 0 radical (unpaired) electrons. The van der Waals surface area contributed by atoms with Gasteiger partial charge in [-0.2, -0.15) is 0 Å². The molecule has 19 heavy (non-hydrogen) atoms. The molecule has 1 N–H and O–H groups in total. The van der Waals surface area contributed by atoms with Crippen molar-refractivity contribution < 1.29 is 9.84 Å². The Morgan fingerprint density at radius 3 is 2.58 bits per heavy atom. The third-order valence-corrected chi connectivity index (χ3v) is 2.77. The van der Waals surface area contributed by atoms with E-state index in [4.69, 9.17) is 4.74 Å². The molecule has 0 saturated carbocycles. The lowest BCUT2D eigenvalue weighted by Crippen LogP contribution is -2.05. The summed E-state index contributed by atoms with van der Waals surface area (Å²) >= 11 is 0. The molecule has 0 amide bonds. The Kier molecular flexibility index (Phi) is 3.69. The van der Waals surface area contributed by atoms with Crippen molar-refractivity contribution >= 4 is 0 Å². The van der Waals surface area contributed by atoms with E-state index in [1.54, 1.807) is 0 Å². The fraction of sp³-hybridized carbons (Fsp3) is 0.333. The number of aryl methyl sites for hydroxylation is 2. The van der Waals surface area contributed by atoms with Crippen LogP contribution < -0.4 is 4.74 Å². The van der Waals surface area contributed by atoms with E-state index < -0.39 is 0 Å². The summed E-state index contributed by atoms with van der Waals surface area (Å²) in [6.45, 7) is 7.86. The average Bonchev–Trinajstić information content (AvgIpc) is 2.32. The van der Waals surface area contributed by atoms with Crippen LogP contribution >= 0.6 is 0 Å². The van der Waals surface area contributed by atoms with Gasteiger partial charge in [0.2, 0.25) is 5.88 Å². The summed E-state index contributed by atoms with van der Waals surface area (Å²) in [7, 11) is 0. The van der Waals surface area contributed by atoms with Crippen molar-refractivity contribution in [1.82, 2.24) is 9.97 Å². The van der Waals surface area contributed by atoms with E-state index in [9.17, 15) is 5.11 Å². The highest BCUT2D eigenvalue weighted by molar-refractivity contribution is 5.66. The second kappa shape index (κ2) is 5.26. The number of aromatic nitrogens is 2. The smallest absolute Gasteiger partial charge is 0.230 e. The SMILES string of the molecule is Cc1cc(OC(C)C)ccc1-c1nc(O)cnc1C. The molecule has 1 aromatic carbocycles. The van der Waals surface area contributed by atoms with Gasteiger partial charge in [0, 0.05) is 5.56 Å². The van der Waals surface area contributed by atoms with Gasteiger partial charge in [0.15, 0.2) is 0 Å². The molecule has 0 atom stereocenters. The normalized spacial score (nSPS) is 10.8. The van der Waals surface area contributed by atoms with Crippen molar-refractivity contribution in [1.29, 1.82) is 0 Å². The van der Waals surface area contributed by atoms with Crippen molar-refractivity contribution in [3.8, 4) is 22.9 Å². The maximum absolute atomic E-state index is 9.46. The summed E-state index contributed by atoms with van der Waals surface area (Å²) in [6, 6.07) is 5.83. The van der Waals surface area contributed by atoms with Gasteiger partial charge in [0.05, 0.1) is 23.7 Å². The fourth-order valence-electron chi connectivity index (χ4n) is 1.94. The Morgan fingerprint density at radius 2 is 1.95 bits per heavy atom. The van der Waals surface area contributed by atoms with Gasteiger partial charge in [-0.3, -0.25) is 4.98 Å². The van der Waals surface area contributed by atoms with Crippen LogP contribution in [-0.2, 0) is 0 Å². The summed E-state index contributed by atoms with van der Waals surface area (Å²) in [4.78, 5) is 8.27. The van der Waals surface area contributed by atoms with Crippen LogP contribution in [0.4, 0.5) is 0 Å². The Labute approximate surface area is 113 Å². The lowest BCUT2D eigenvalue weighted by Gasteiger charge is -2.13. The summed E-state index contributed by atoms with van der Waals surface area (Å²) < 4.78 is 5.65. The molecule has 1 heterocycles. The molecular formula is C15H18N2O2. The minimum absolute atomic E-state index is 0.0671. The second-order valence-corrected chi connectivity index (χ2v) is 4.81. The number of ether oxygens (including phenoxy) is 1. The van der Waals surface area contributed by atoms with Gasteiger partial charge < -0.3 is 9.84 Å². The highest BCUT2D eigenvalue weighted by Crippen LogP contribution is 2.28. The highest BCUT2D eigenvalue weighted by Gasteiger charge is 2.10. The zero-order chi connectivity index (χ0) is 14.0. The van der Waals surface area contributed by atoms with Crippen LogP contribution in [0.25, 0.3) is 11.3 Å². The third kappa shape index (κ3) is 3.02. The quantitative estimate of drug-likeness (QED) is 0.918. The molecular weight excluding hydrogens is 240 g/mol. The monoisotopic (exact) mass is 258 g/mol. The Bertz CT molecular complexity index is 595. The Morgan fingerprint density at radius 1 is 1.21 bits per heavy atom. The molecule has 0 fully saturated rings. The minimum atomic E-state index is -0.0671. The number of hydrogen-bond donors (Lipinski definition) is 1. The summed E-state index contributed by atoms with van der Waals surface area (Å²) in [6.07, 6.45) is 1.50. The topological polar surface area (TPSA) is 55.2 Å². The Balaban J connectivity index is 2.43. The number of rotatable bonds is 3.